The molecule has 122 valence electrons. The van der Waals surface area contributed by atoms with Gasteiger partial charge in [-0.05, 0) is 51.3 Å². The summed E-state index contributed by atoms with van der Waals surface area (Å²) in [4.78, 5) is 21.1. The molecule has 0 saturated carbocycles. The van der Waals surface area contributed by atoms with E-state index in [0.29, 0.717) is 5.91 Å². The highest BCUT2D eigenvalue weighted by molar-refractivity contribution is 7.09. The number of nitrogens with zero attached hydrogens (tertiary/aromatic N) is 3. The van der Waals surface area contributed by atoms with Crippen LogP contribution in [0.2, 0.25) is 0 Å². The van der Waals surface area contributed by atoms with Crippen molar-refractivity contribution in [3.05, 3.63) is 22.4 Å². The molecule has 2 aliphatic rings. The highest BCUT2D eigenvalue weighted by Crippen LogP contribution is 2.40. The van der Waals surface area contributed by atoms with E-state index in [0.717, 1.165) is 58.5 Å². The average molecular weight is 321 g/mol. The van der Waals surface area contributed by atoms with Gasteiger partial charge in [-0.2, -0.15) is 0 Å². The van der Waals surface area contributed by atoms with Crippen molar-refractivity contribution < 1.29 is 4.79 Å². The maximum atomic E-state index is 12.9. The maximum absolute atomic E-state index is 12.9. The molecule has 3 rings (SSSR count). The van der Waals surface area contributed by atoms with Gasteiger partial charge in [-0.1, -0.05) is 6.07 Å². The Labute approximate surface area is 137 Å². The SMILES string of the molecule is CN(C)CCN1CCC2(CCCN(Cc3cccs3)C2)C1=O. The first-order valence-electron chi connectivity index (χ1n) is 8.28. The smallest absolute Gasteiger partial charge is 0.230 e. The van der Waals surface area contributed by atoms with E-state index in [9.17, 15) is 4.79 Å². The minimum Gasteiger partial charge on any atom is -0.341 e. The molecule has 1 spiro atoms. The molecule has 4 nitrogen and oxygen atoms in total. The van der Waals surface area contributed by atoms with Gasteiger partial charge >= 0.3 is 0 Å². The standard InChI is InChI=1S/C17H27N3OS/c1-18(2)10-11-20-9-7-17(16(20)21)6-4-8-19(14-17)13-15-5-3-12-22-15/h3,5,12H,4,6-11,13-14H2,1-2H3. The largest absolute Gasteiger partial charge is 0.341 e. The van der Waals surface area contributed by atoms with Crippen LogP contribution in [-0.4, -0.2) is 67.4 Å². The molecule has 0 N–H and O–H groups in total. The number of likely N-dealkylation sites (tertiary alicyclic amines) is 2. The van der Waals surface area contributed by atoms with Crippen molar-refractivity contribution >= 4 is 17.2 Å². The summed E-state index contributed by atoms with van der Waals surface area (Å²) in [5.41, 5.74) is -0.0954. The Hall–Kier alpha value is -0.910. The van der Waals surface area contributed by atoms with Crippen molar-refractivity contribution in [2.24, 2.45) is 5.41 Å². The molecular formula is C17H27N3OS. The number of carbonyl (C=O) groups is 1. The Balaban J connectivity index is 1.61. The van der Waals surface area contributed by atoms with E-state index >= 15 is 0 Å². The van der Waals surface area contributed by atoms with Gasteiger partial charge < -0.3 is 9.80 Å². The Bertz CT molecular complexity index is 502. The molecule has 1 unspecified atom stereocenters. The summed E-state index contributed by atoms with van der Waals surface area (Å²) in [7, 11) is 4.14. The van der Waals surface area contributed by atoms with Crippen LogP contribution in [0, 0.1) is 5.41 Å². The lowest BCUT2D eigenvalue weighted by atomic mass is 9.78. The highest BCUT2D eigenvalue weighted by atomic mass is 32.1. The molecule has 22 heavy (non-hydrogen) atoms. The van der Waals surface area contributed by atoms with Crippen molar-refractivity contribution in [3.63, 3.8) is 0 Å². The normalized spacial score (nSPS) is 26.5. The Morgan fingerprint density at radius 3 is 2.91 bits per heavy atom. The van der Waals surface area contributed by atoms with Crippen LogP contribution < -0.4 is 0 Å². The number of carbonyl (C=O) groups excluding carboxylic acids is 1. The van der Waals surface area contributed by atoms with Gasteiger partial charge in [-0.25, -0.2) is 0 Å². The van der Waals surface area contributed by atoms with Gasteiger partial charge in [0.25, 0.3) is 0 Å². The zero-order valence-corrected chi connectivity index (χ0v) is 14.6. The van der Waals surface area contributed by atoms with Gasteiger partial charge in [-0.3, -0.25) is 9.69 Å². The van der Waals surface area contributed by atoms with Crippen molar-refractivity contribution in [1.29, 1.82) is 0 Å². The van der Waals surface area contributed by atoms with E-state index in [2.05, 4.69) is 46.3 Å². The zero-order valence-electron chi connectivity index (χ0n) is 13.8. The minimum atomic E-state index is -0.0954. The third-order valence-corrected chi connectivity index (χ3v) is 5.89. The van der Waals surface area contributed by atoms with Crippen LogP contribution in [0.1, 0.15) is 24.1 Å². The van der Waals surface area contributed by atoms with Crippen molar-refractivity contribution in [3.8, 4) is 0 Å². The maximum Gasteiger partial charge on any atom is 0.230 e. The summed E-state index contributed by atoms with van der Waals surface area (Å²) < 4.78 is 0. The lowest BCUT2D eigenvalue weighted by Gasteiger charge is -2.39. The molecule has 3 heterocycles. The Kier molecular flexibility index (Phi) is 4.85. The van der Waals surface area contributed by atoms with Crippen LogP contribution in [0.25, 0.3) is 0 Å². The van der Waals surface area contributed by atoms with Gasteiger partial charge in [0, 0.05) is 37.6 Å². The number of piperidine rings is 1. The number of rotatable bonds is 5. The van der Waals surface area contributed by atoms with Gasteiger partial charge in [0.15, 0.2) is 0 Å². The fourth-order valence-corrected chi connectivity index (χ4v) is 4.54. The third-order valence-electron chi connectivity index (χ3n) is 5.03. The van der Waals surface area contributed by atoms with Gasteiger partial charge in [0.05, 0.1) is 5.41 Å². The van der Waals surface area contributed by atoms with Gasteiger partial charge in [0.2, 0.25) is 5.91 Å². The third kappa shape index (κ3) is 3.36. The van der Waals surface area contributed by atoms with E-state index in [1.54, 1.807) is 0 Å². The molecule has 1 aromatic heterocycles. The predicted octanol–water partition coefficient (Wildman–Crippen LogP) is 2.12. The van der Waals surface area contributed by atoms with Crippen molar-refractivity contribution in [2.45, 2.75) is 25.8 Å². The number of amides is 1. The molecule has 2 saturated heterocycles. The topological polar surface area (TPSA) is 26.8 Å². The molecular weight excluding hydrogens is 294 g/mol. The van der Waals surface area contributed by atoms with Gasteiger partial charge in [0.1, 0.15) is 0 Å². The number of hydrogen-bond donors (Lipinski definition) is 0. The van der Waals surface area contributed by atoms with E-state index in [1.165, 1.54) is 4.88 Å². The first kappa shape index (κ1) is 16.0. The summed E-state index contributed by atoms with van der Waals surface area (Å²) in [5, 5.41) is 2.14. The molecule has 0 aromatic carbocycles. The molecule has 0 aliphatic carbocycles. The van der Waals surface area contributed by atoms with Gasteiger partial charge in [-0.15, -0.1) is 11.3 Å². The fraction of sp³-hybridized carbons (Fsp3) is 0.706. The molecule has 0 radical (unpaired) electrons. The van der Waals surface area contributed by atoms with Crippen molar-refractivity contribution in [1.82, 2.24) is 14.7 Å². The monoisotopic (exact) mass is 321 g/mol. The highest BCUT2D eigenvalue weighted by Gasteiger charge is 2.48. The fourth-order valence-electron chi connectivity index (χ4n) is 3.79. The van der Waals surface area contributed by atoms with E-state index in [4.69, 9.17) is 0 Å². The average Bonchev–Trinajstić information content (AvgIpc) is 3.08. The molecule has 2 fully saturated rings. The first-order valence-corrected chi connectivity index (χ1v) is 9.16. The predicted molar refractivity (Wildman–Crippen MR) is 91.0 cm³/mol. The van der Waals surface area contributed by atoms with Crippen LogP contribution in [0.15, 0.2) is 17.5 Å². The molecule has 5 heteroatoms. The molecule has 0 bridgehead atoms. The summed E-state index contributed by atoms with van der Waals surface area (Å²) in [6.45, 7) is 5.86. The molecule has 2 aliphatic heterocycles. The van der Waals surface area contributed by atoms with Crippen LogP contribution in [0.5, 0.6) is 0 Å². The second-order valence-corrected chi connectivity index (χ2v) is 8.05. The summed E-state index contributed by atoms with van der Waals surface area (Å²) >= 11 is 1.82. The number of hydrogen-bond acceptors (Lipinski definition) is 4. The number of thiophene rings is 1. The first-order chi connectivity index (χ1) is 10.6. The van der Waals surface area contributed by atoms with E-state index < -0.39 is 0 Å². The minimum absolute atomic E-state index is 0.0954. The quantitative estimate of drug-likeness (QED) is 0.831. The summed E-state index contributed by atoms with van der Waals surface area (Å²) in [6.07, 6.45) is 3.27. The summed E-state index contributed by atoms with van der Waals surface area (Å²) in [5.74, 6) is 0.408. The van der Waals surface area contributed by atoms with E-state index in [-0.39, 0.29) is 5.41 Å². The lowest BCUT2D eigenvalue weighted by Crippen LogP contribution is -2.48. The second-order valence-electron chi connectivity index (χ2n) is 7.02. The van der Waals surface area contributed by atoms with Crippen LogP contribution in [-0.2, 0) is 11.3 Å². The summed E-state index contributed by atoms with van der Waals surface area (Å²) in [6, 6.07) is 4.31. The van der Waals surface area contributed by atoms with Crippen LogP contribution in [0.4, 0.5) is 0 Å². The van der Waals surface area contributed by atoms with Crippen LogP contribution >= 0.6 is 11.3 Å². The Morgan fingerprint density at radius 1 is 1.32 bits per heavy atom. The molecule has 1 amide bonds. The van der Waals surface area contributed by atoms with E-state index in [1.807, 2.05) is 11.3 Å². The molecule has 1 atom stereocenters. The van der Waals surface area contributed by atoms with Crippen LogP contribution in [0.3, 0.4) is 0 Å². The zero-order chi connectivity index (χ0) is 15.6. The lowest BCUT2D eigenvalue weighted by molar-refractivity contribution is -0.139. The Morgan fingerprint density at radius 2 is 2.18 bits per heavy atom. The molecule has 1 aromatic rings. The number of likely N-dealkylation sites (N-methyl/N-ethyl adjacent to an activating group) is 1. The second kappa shape index (κ2) is 6.69. The van der Waals surface area contributed by atoms with Crippen molar-refractivity contribution in [2.75, 3.05) is 46.8 Å².